The molecule has 3 aliphatic rings. The molecule has 154 valence electrons. The van der Waals surface area contributed by atoms with E-state index in [1.165, 1.54) is 0 Å². The number of epoxide rings is 1. The molecule has 7 atom stereocenters. The Morgan fingerprint density at radius 3 is 2.21 bits per heavy atom. The van der Waals surface area contributed by atoms with E-state index in [1.807, 2.05) is 50.2 Å². The molecule has 0 unspecified atom stereocenters. The van der Waals surface area contributed by atoms with Crippen LogP contribution in [0.15, 0.2) is 60.7 Å². The van der Waals surface area contributed by atoms with E-state index in [9.17, 15) is 0 Å². The largest absolute Gasteiger partial charge is 0.368 e. The van der Waals surface area contributed by atoms with Gasteiger partial charge in [0, 0.05) is 0 Å². The smallest absolute Gasteiger partial charge is 0.164 e. The van der Waals surface area contributed by atoms with Crippen molar-refractivity contribution in [3.05, 3.63) is 71.8 Å². The Bertz CT molecular complexity index is 824. The van der Waals surface area contributed by atoms with Crippen LogP contribution in [0.25, 0.3) is 0 Å². The van der Waals surface area contributed by atoms with Gasteiger partial charge in [0.25, 0.3) is 0 Å². The molecule has 1 aliphatic carbocycles. The van der Waals surface area contributed by atoms with Crippen LogP contribution in [0.4, 0.5) is 0 Å². The number of rotatable bonds is 6. The van der Waals surface area contributed by atoms with Crippen molar-refractivity contribution in [2.45, 2.75) is 75.9 Å². The molecule has 3 fully saturated rings. The number of hydrogen-bond acceptors (Lipinski definition) is 5. The second-order valence-electron chi connectivity index (χ2n) is 8.54. The molecule has 2 heterocycles. The van der Waals surface area contributed by atoms with Gasteiger partial charge in [-0.1, -0.05) is 60.7 Å². The fourth-order valence-corrected chi connectivity index (χ4v) is 4.51. The average Bonchev–Trinajstić information content (AvgIpc) is 3.45. The molecule has 5 rings (SSSR count). The molecule has 2 aromatic rings. The Morgan fingerprint density at radius 1 is 0.828 bits per heavy atom. The van der Waals surface area contributed by atoms with Crippen molar-refractivity contribution in [1.29, 1.82) is 0 Å². The lowest BCUT2D eigenvalue weighted by molar-refractivity contribution is -0.186. The van der Waals surface area contributed by atoms with Crippen molar-refractivity contribution < 1.29 is 23.7 Å². The van der Waals surface area contributed by atoms with E-state index in [1.54, 1.807) is 0 Å². The molecular formula is C24H28O5. The van der Waals surface area contributed by atoms with Gasteiger partial charge in [0.15, 0.2) is 5.79 Å². The maximum atomic E-state index is 6.52. The predicted octanol–water partition coefficient (Wildman–Crippen LogP) is 4.02. The summed E-state index contributed by atoms with van der Waals surface area (Å²) in [6.07, 6.45) is -0.907. The highest BCUT2D eigenvalue weighted by Gasteiger charge is 2.67. The first-order chi connectivity index (χ1) is 14.0. The van der Waals surface area contributed by atoms with E-state index in [4.69, 9.17) is 23.7 Å². The van der Waals surface area contributed by atoms with E-state index in [-0.39, 0.29) is 42.7 Å². The van der Waals surface area contributed by atoms with Crippen LogP contribution in [-0.2, 0) is 30.3 Å². The minimum atomic E-state index is -0.653. The van der Waals surface area contributed by atoms with Crippen LogP contribution in [0.2, 0.25) is 0 Å². The van der Waals surface area contributed by atoms with Crippen LogP contribution in [0.3, 0.4) is 0 Å². The zero-order valence-corrected chi connectivity index (χ0v) is 17.1. The van der Waals surface area contributed by atoms with E-state index in [0.717, 1.165) is 11.1 Å². The molecule has 2 aromatic carbocycles. The lowest BCUT2D eigenvalue weighted by Gasteiger charge is -2.36. The highest BCUT2D eigenvalue weighted by atomic mass is 16.8. The third-order valence-corrected chi connectivity index (χ3v) is 5.94. The molecule has 0 amide bonds. The van der Waals surface area contributed by atoms with Crippen LogP contribution in [0, 0.1) is 0 Å². The van der Waals surface area contributed by atoms with Crippen molar-refractivity contribution >= 4 is 0 Å². The van der Waals surface area contributed by atoms with Gasteiger partial charge < -0.3 is 23.7 Å². The summed E-state index contributed by atoms with van der Waals surface area (Å²) < 4.78 is 31.3. The quantitative estimate of drug-likeness (QED) is 0.691. The highest BCUT2D eigenvalue weighted by Crippen LogP contribution is 2.49. The summed E-state index contributed by atoms with van der Waals surface area (Å²) in [4.78, 5) is 0. The van der Waals surface area contributed by atoms with Crippen molar-refractivity contribution in [2.75, 3.05) is 0 Å². The molecule has 2 saturated heterocycles. The van der Waals surface area contributed by atoms with E-state index in [0.29, 0.717) is 6.61 Å². The van der Waals surface area contributed by atoms with Gasteiger partial charge in [0.2, 0.25) is 0 Å². The van der Waals surface area contributed by atoms with Crippen LogP contribution < -0.4 is 0 Å². The zero-order valence-electron chi connectivity index (χ0n) is 17.1. The van der Waals surface area contributed by atoms with Crippen LogP contribution in [0.5, 0.6) is 0 Å². The first-order valence-electron chi connectivity index (χ1n) is 10.4. The van der Waals surface area contributed by atoms with Crippen LogP contribution in [0.1, 0.15) is 38.0 Å². The summed E-state index contributed by atoms with van der Waals surface area (Å²) in [7, 11) is 0. The van der Waals surface area contributed by atoms with Crippen LogP contribution >= 0.6 is 0 Å². The molecule has 29 heavy (non-hydrogen) atoms. The average molecular weight is 396 g/mol. The number of ether oxygens (including phenoxy) is 5. The van der Waals surface area contributed by atoms with Gasteiger partial charge >= 0.3 is 0 Å². The first-order valence-corrected chi connectivity index (χ1v) is 10.4. The Hall–Kier alpha value is -1.76. The standard InChI is InChI=1S/C24H28O5/c1-15(17-12-8-5-9-13-17)26-19-18(25-14-16-10-6-4-7-11-16)22-23(21-20(19)27-21)29-24(2,3)28-22/h4-13,15,18-23H,14H2,1-3H3/t15-,18+,19+,20+,21+,22-,23+/m1/s1. The maximum Gasteiger partial charge on any atom is 0.164 e. The Morgan fingerprint density at radius 2 is 1.48 bits per heavy atom. The van der Waals surface area contributed by atoms with Gasteiger partial charge in [-0.25, -0.2) is 0 Å². The SMILES string of the molecule is C[C@@H](O[C@H]1[C@H](OCc2ccccc2)[C@H]2OC(C)(C)O[C@H]2[C@H]2O[C@H]21)c1ccccc1. The topological polar surface area (TPSA) is 49.5 Å². The number of hydrogen-bond donors (Lipinski definition) is 0. The summed E-state index contributed by atoms with van der Waals surface area (Å²) in [5, 5.41) is 0. The zero-order chi connectivity index (χ0) is 20.0. The summed E-state index contributed by atoms with van der Waals surface area (Å²) in [5.74, 6) is -0.653. The van der Waals surface area contributed by atoms with Gasteiger partial charge in [-0.15, -0.1) is 0 Å². The molecule has 1 saturated carbocycles. The van der Waals surface area contributed by atoms with Gasteiger partial charge in [-0.2, -0.15) is 0 Å². The third kappa shape index (κ3) is 3.86. The highest BCUT2D eigenvalue weighted by molar-refractivity contribution is 5.19. The molecule has 5 nitrogen and oxygen atoms in total. The van der Waals surface area contributed by atoms with Crippen molar-refractivity contribution in [1.82, 2.24) is 0 Å². The molecule has 5 heteroatoms. The molecular weight excluding hydrogens is 368 g/mol. The Labute approximate surface area is 171 Å². The first kappa shape index (κ1) is 19.2. The van der Waals surface area contributed by atoms with Gasteiger partial charge in [0.05, 0.1) is 12.7 Å². The lowest BCUT2D eigenvalue weighted by atomic mass is 9.89. The van der Waals surface area contributed by atoms with Gasteiger partial charge in [-0.05, 0) is 31.9 Å². The summed E-state index contributed by atoms with van der Waals surface area (Å²) in [6, 6.07) is 20.4. The second-order valence-corrected chi connectivity index (χ2v) is 8.54. The van der Waals surface area contributed by atoms with E-state index >= 15 is 0 Å². The number of benzene rings is 2. The van der Waals surface area contributed by atoms with Crippen molar-refractivity contribution in [3.63, 3.8) is 0 Å². The molecule has 0 bridgehead atoms. The van der Waals surface area contributed by atoms with Crippen molar-refractivity contribution in [3.8, 4) is 0 Å². The monoisotopic (exact) mass is 396 g/mol. The van der Waals surface area contributed by atoms with E-state index in [2.05, 4.69) is 31.2 Å². The minimum absolute atomic E-state index is 0.00586. The second kappa shape index (κ2) is 7.49. The Balaban J connectivity index is 1.37. The van der Waals surface area contributed by atoms with Crippen molar-refractivity contribution in [2.24, 2.45) is 0 Å². The molecule has 2 aliphatic heterocycles. The summed E-state index contributed by atoms with van der Waals surface area (Å²) in [5.41, 5.74) is 2.26. The lowest BCUT2D eigenvalue weighted by Crippen LogP contribution is -2.55. The molecule has 0 spiro atoms. The third-order valence-electron chi connectivity index (χ3n) is 5.94. The Kier molecular flexibility index (Phi) is 4.96. The minimum Gasteiger partial charge on any atom is -0.368 e. The normalized spacial score (nSPS) is 35.6. The van der Waals surface area contributed by atoms with Crippen LogP contribution in [-0.4, -0.2) is 42.4 Å². The molecule has 0 N–H and O–H groups in total. The van der Waals surface area contributed by atoms with E-state index < -0.39 is 5.79 Å². The summed E-state index contributed by atoms with van der Waals surface area (Å²) >= 11 is 0. The fraction of sp³-hybridized carbons (Fsp3) is 0.500. The summed E-state index contributed by atoms with van der Waals surface area (Å²) in [6.45, 7) is 6.46. The van der Waals surface area contributed by atoms with Gasteiger partial charge in [0.1, 0.15) is 36.6 Å². The predicted molar refractivity (Wildman–Crippen MR) is 107 cm³/mol. The number of fused-ring (bicyclic) bond motifs is 3. The maximum absolute atomic E-state index is 6.52. The fourth-order valence-electron chi connectivity index (χ4n) is 4.51. The van der Waals surface area contributed by atoms with Gasteiger partial charge in [-0.3, -0.25) is 0 Å². The molecule has 0 aromatic heterocycles. The molecule has 0 radical (unpaired) electrons.